The molecule has 2 rings (SSSR count). The minimum atomic E-state index is -0.0496. The van der Waals surface area contributed by atoms with Crippen molar-refractivity contribution >= 4 is 38.3 Å². The fourth-order valence-corrected chi connectivity index (χ4v) is 1.88. The molecule has 0 aliphatic heterocycles. The average molecular weight is 264 g/mol. The second-order valence-corrected chi connectivity index (χ2v) is 4.30. The van der Waals surface area contributed by atoms with Crippen molar-refractivity contribution in [2.24, 2.45) is 0 Å². The molecule has 1 amide bonds. The highest BCUT2D eigenvalue weighted by Crippen LogP contribution is 2.22. The molecule has 76 valence electrons. The molecule has 0 aliphatic carbocycles. The van der Waals surface area contributed by atoms with Crippen molar-refractivity contribution in [1.29, 1.82) is 0 Å². The van der Waals surface area contributed by atoms with Crippen LogP contribution < -0.4 is 5.32 Å². The molecule has 0 spiro atoms. The molecule has 2 aromatic carbocycles. The van der Waals surface area contributed by atoms with E-state index in [-0.39, 0.29) is 5.91 Å². The van der Waals surface area contributed by atoms with Crippen molar-refractivity contribution in [3.63, 3.8) is 0 Å². The maximum atomic E-state index is 10.9. The zero-order valence-electron chi connectivity index (χ0n) is 8.25. The minimum Gasteiger partial charge on any atom is -0.326 e. The van der Waals surface area contributed by atoms with E-state index < -0.39 is 0 Å². The van der Waals surface area contributed by atoms with Crippen molar-refractivity contribution in [2.75, 3.05) is 5.32 Å². The van der Waals surface area contributed by atoms with Crippen molar-refractivity contribution in [3.05, 3.63) is 40.9 Å². The third-order valence-electron chi connectivity index (χ3n) is 2.12. The van der Waals surface area contributed by atoms with Gasteiger partial charge in [-0.25, -0.2) is 0 Å². The lowest BCUT2D eigenvalue weighted by Gasteiger charge is -2.04. The number of hydrogen-bond donors (Lipinski definition) is 1. The summed E-state index contributed by atoms with van der Waals surface area (Å²) in [5.41, 5.74) is 0.831. The summed E-state index contributed by atoms with van der Waals surface area (Å²) in [5.74, 6) is -0.0496. The number of carbonyl (C=O) groups excluding carboxylic acids is 1. The fourth-order valence-electron chi connectivity index (χ4n) is 1.50. The lowest BCUT2D eigenvalue weighted by atomic mass is 10.1. The van der Waals surface area contributed by atoms with Crippen LogP contribution in [0.3, 0.4) is 0 Å². The Kier molecular flexibility index (Phi) is 2.73. The van der Waals surface area contributed by atoms with Gasteiger partial charge in [-0.3, -0.25) is 4.79 Å². The summed E-state index contributed by atoms with van der Waals surface area (Å²) in [6, 6.07) is 11.9. The molecule has 0 atom stereocenters. The summed E-state index contributed by atoms with van der Waals surface area (Å²) >= 11 is 3.42. The third-order valence-corrected chi connectivity index (χ3v) is 2.62. The van der Waals surface area contributed by atoms with Crippen LogP contribution in [0.2, 0.25) is 0 Å². The third kappa shape index (κ3) is 2.36. The molecule has 3 heteroatoms. The van der Waals surface area contributed by atoms with E-state index in [9.17, 15) is 4.79 Å². The molecule has 0 radical (unpaired) electrons. The van der Waals surface area contributed by atoms with E-state index in [4.69, 9.17) is 0 Å². The Morgan fingerprint density at radius 2 is 1.80 bits per heavy atom. The molecular weight excluding hydrogens is 254 g/mol. The number of halogens is 1. The van der Waals surface area contributed by atoms with E-state index in [1.165, 1.54) is 6.92 Å². The first-order chi connectivity index (χ1) is 7.15. The van der Waals surface area contributed by atoms with Gasteiger partial charge in [0.25, 0.3) is 0 Å². The van der Waals surface area contributed by atoms with Crippen LogP contribution in [0.25, 0.3) is 10.8 Å². The molecule has 0 unspecified atom stereocenters. The number of hydrogen-bond acceptors (Lipinski definition) is 1. The van der Waals surface area contributed by atoms with E-state index in [1.807, 2.05) is 36.4 Å². The molecule has 0 aliphatic rings. The van der Waals surface area contributed by atoms with Gasteiger partial charge in [-0.2, -0.15) is 0 Å². The minimum absolute atomic E-state index is 0.0496. The molecule has 2 nitrogen and oxygen atoms in total. The second kappa shape index (κ2) is 4.03. The number of carbonyl (C=O) groups is 1. The van der Waals surface area contributed by atoms with Crippen LogP contribution in [-0.4, -0.2) is 5.91 Å². The smallest absolute Gasteiger partial charge is 0.221 e. The Hall–Kier alpha value is -1.35. The van der Waals surface area contributed by atoms with Gasteiger partial charge in [-0.15, -0.1) is 0 Å². The van der Waals surface area contributed by atoms with Crippen LogP contribution in [0.5, 0.6) is 0 Å². The van der Waals surface area contributed by atoms with Crippen molar-refractivity contribution in [2.45, 2.75) is 6.92 Å². The number of nitrogens with one attached hydrogen (secondary N) is 1. The van der Waals surface area contributed by atoms with Crippen LogP contribution in [0.4, 0.5) is 5.69 Å². The Labute approximate surface area is 96.4 Å². The lowest BCUT2D eigenvalue weighted by molar-refractivity contribution is -0.114. The van der Waals surface area contributed by atoms with Crippen LogP contribution in [0.15, 0.2) is 40.9 Å². The van der Waals surface area contributed by atoms with Gasteiger partial charge >= 0.3 is 0 Å². The molecule has 0 saturated carbocycles. The molecule has 0 fully saturated rings. The first-order valence-electron chi connectivity index (χ1n) is 4.62. The number of fused-ring (bicyclic) bond motifs is 1. The predicted octanol–water partition coefficient (Wildman–Crippen LogP) is 3.56. The van der Waals surface area contributed by atoms with Crippen LogP contribution in [0, 0.1) is 0 Å². The van der Waals surface area contributed by atoms with Crippen LogP contribution in [-0.2, 0) is 4.79 Å². The van der Waals surface area contributed by atoms with Gasteiger partial charge in [0.2, 0.25) is 5.91 Å². The number of benzene rings is 2. The Bertz CT molecular complexity index is 522. The van der Waals surface area contributed by atoms with Gasteiger partial charge < -0.3 is 5.32 Å². The van der Waals surface area contributed by atoms with Crippen molar-refractivity contribution < 1.29 is 4.79 Å². The Morgan fingerprint density at radius 1 is 1.13 bits per heavy atom. The summed E-state index contributed by atoms with van der Waals surface area (Å²) in [5, 5.41) is 5.03. The number of amides is 1. The van der Waals surface area contributed by atoms with Crippen LogP contribution in [0.1, 0.15) is 6.92 Å². The van der Waals surface area contributed by atoms with Gasteiger partial charge in [0, 0.05) is 17.1 Å². The summed E-state index contributed by atoms with van der Waals surface area (Å²) in [4.78, 5) is 10.9. The monoisotopic (exact) mass is 263 g/mol. The summed E-state index contributed by atoms with van der Waals surface area (Å²) < 4.78 is 1.06. The van der Waals surface area contributed by atoms with E-state index in [1.54, 1.807) is 0 Å². The highest BCUT2D eigenvalue weighted by atomic mass is 79.9. The molecule has 0 saturated heterocycles. The zero-order chi connectivity index (χ0) is 10.8. The predicted molar refractivity (Wildman–Crippen MR) is 66.0 cm³/mol. The van der Waals surface area contributed by atoms with E-state index >= 15 is 0 Å². The molecule has 2 aromatic rings. The molecule has 1 N–H and O–H groups in total. The number of rotatable bonds is 1. The first kappa shape index (κ1) is 10.2. The van der Waals surface area contributed by atoms with E-state index in [0.29, 0.717) is 0 Å². The quantitative estimate of drug-likeness (QED) is 0.838. The van der Waals surface area contributed by atoms with Crippen molar-refractivity contribution in [3.8, 4) is 0 Å². The highest BCUT2D eigenvalue weighted by Gasteiger charge is 1.98. The second-order valence-electron chi connectivity index (χ2n) is 3.39. The summed E-state index contributed by atoms with van der Waals surface area (Å²) in [6.45, 7) is 1.51. The molecular formula is C12H10BrNO. The van der Waals surface area contributed by atoms with Gasteiger partial charge in [0.15, 0.2) is 0 Å². The maximum absolute atomic E-state index is 10.9. The maximum Gasteiger partial charge on any atom is 0.221 e. The molecule has 15 heavy (non-hydrogen) atoms. The normalized spacial score (nSPS) is 10.3. The number of anilines is 1. The standard InChI is InChI=1S/C12H10BrNO/c1-8(15)14-12-5-3-9-6-11(13)4-2-10(9)7-12/h2-7H,1H3,(H,14,15). The molecule has 0 aromatic heterocycles. The fraction of sp³-hybridized carbons (Fsp3) is 0.0833. The van der Waals surface area contributed by atoms with Gasteiger partial charge in [0.05, 0.1) is 0 Å². The van der Waals surface area contributed by atoms with Crippen molar-refractivity contribution in [1.82, 2.24) is 0 Å². The highest BCUT2D eigenvalue weighted by molar-refractivity contribution is 9.10. The Morgan fingerprint density at radius 3 is 2.53 bits per heavy atom. The summed E-state index contributed by atoms with van der Waals surface area (Å²) in [6.07, 6.45) is 0. The lowest BCUT2D eigenvalue weighted by Crippen LogP contribution is -2.05. The van der Waals surface area contributed by atoms with Crippen LogP contribution >= 0.6 is 15.9 Å². The van der Waals surface area contributed by atoms with Gasteiger partial charge in [-0.05, 0) is 35.0 Å². The van der Waals surface area contributed by atoms with Gasteiger partial charge in [-0.1, -0.05) is 28.1 Å². The molecule has 0 bridgehead atoms. The van der Waals surface area contributed by atoms with Gasteiger partial charge in [0.1, 0.15) is 0 Å². The van der Waals surface area contributed by atoms with E-state index in [0.717, 1.165) is 20.9 Å². The Balaban J connectivity index is 2.47. The summed E-state index contributed by atoms with van der Waals surface area (Å²) in [7, 11) is 0. The topological polar surface area (TPSA) is 29.1 Å². The van der Waals surface area contributed by atoms with E-state index in [2.05, 4.69) is 21.2 Å². The average Bonchev–Trinajstić information content (AvgIpc) is 2.17. The largest absolute Gasteiger partial charge is 0.326 e. The SMILES string of the molecule is CC(=O)Nc1ccc2cc(Br)ccc2c1. The molecule has 0 heterocycles. The zero-order valence-corrected chi connectivity index (χ0v) is 9.84. The first-order valence-corrected chi connectivity index (χ1v) is 5.41.